The number of amides is 4. The topological polar surface area (TPSA) is 98.2 Å². The fraction of sp³-hybridized carbons (Fsp3) is 0.486. The highest BCUT2D eigenvalue weighted by atomic mass is 35.5. The molecule has 3 aliphatic heterocycles. The maximum atomic E-state index is 14.4. The molecule has 10 heteroatoms. The first-order chi connectivity index (χ1) is 21.4. The van der Waals surface area contributed by atoms with Crippen LogP contribution in [0.3, 0.4) is 0 Å². The van der Waals surface area contributed by atoms with Crippen LogP contribution in [0.1, 0.15) is 53.9 Å². The van der Waals surface area contributed by atoms with Gasteiger partial charge in [0.15, 0.2) is 9.75 Å². The number of allylic oxidation sites excluding steroid dienone is 2. The van der Waals surface area contributed by atoms with Crippen molar-refractivity contribution in [2.45, 2.75) is 67.8 Å². The smallest absolute Gasteiger partial charge is 0.253 e. The SMILES string of the molecule is Cc1cc([C@H]2C3=CC[C@@H]4C(=O)N(C5CCN(Cc6ccccc6)CC5)C(=O)[C@@H]4[C@@H]3C[C@@]3(Cl)C(=O)N(C)C(=O)[C@@]23Cl)cc(C)c1O. The number of piperidine rings is 1. The van der Waals surface area contributed by atoms with Crippen LogP contribution in [-0.2, 0) is 25.7 Å². The number of hydrogen-bond donors (Lipinski definition) is 1. The normalized spacial score (nSPS) is 33.8. The molecule has 1 N–H and O–H groups in total. The second-order valence-corrected chi connectivity index (χ2v) is 14.8. The van der Waals surface area contributed by atoms with Crippen LogP contribution in [0, 0.1) is 31.6 Å². The number of rotatable bonds is 4. The quantitative estimate of drug-likeness (QED) is 0.294. The molecule has 2 aromatic rings. The van der Waals surface area contributed by atoms with E-state index in [1.54, 1.807) is 26.0 Å². The van der Waals surface area contributed by atoms with Gasteiger partial charge in [0.1, 0.15) is 5.75 Å². The van der Waals surface area contributed by atoms with Gasteiger partial charge in [0.2, 0.25) is 11.8 Å². The Kier molecular flexibility index (Phi) is 7.23. The van der Waals surface area contributed by atoms with Crippen molar-refractivity contribution in [1.29, 1.82) is 0 Å². The van der Waals surface area contributed by atoms with Gasteiger partial charge < -0.3 is 5.11 Å². The highest BCUT2D eigenvalue weighted by Crippen LogP contribution is 2.65. The van der Waals surface area contributed by atoms with E-state index in [9.17, 15) is 24.3 Å². The first-order valence-corrected chi connectivity index (χ1v) is 16.5. The number of alkyl halides is 2. The number of phenolic OH excluding ortho intramolecular Hbond substituents is 1. The van der Waals surface area contributed by atoms with Crippen molar-refractivity contribution in [3.63, 3.8) is 0 Å². The standard InChI is InChI=1S/C35H37Cl2N3O5/c1-19-15-22(16-20(2)29(19)41)28-24-9-10-25-27(26(24)17-34(36)32(44)38(3)33(45)35(28,34)37)31(43)40(30(25)42)23-11-13-39(14-12-23)18-21-7-5-4-6-8-21/h4-9,15-16,23,25-28,41H,10-14,17-18H2,1-3H3/t25-,26+,27-,28-,34+,35-/m0/s1. The predicted molar refractivity (Wildman–Crippen MR) is 170 cm³/mol. The lowest BCUT2D eigenvalue weighted by Gasteiger charge is -2.51. The number of imide groups is 2. The molecule has 1 saturated carbocycles. The van der Waals surface area contributed by atoms with Gasteiger partial charge in [0, 0.05) is 38.6 Å². The number of hydrogen-bond acceptors (Lipinski definition) is 6. The maximum absolute atomic E-state index is 14.4. The van der Waals surface area contributed by atoms with E-state index in [4.69, 9.17) is 23.2 Å². The second kappa shape index (κ2) is 10.7. The van der Waals surface area contributed by atoms with E-state index >= 15 is 0 Å². The molecule has 3 saturated heterocycles. The Labute approximate surface area is 272 Å². The molecule has 0 unspecified atom stereocenters. The Morgan fingerprint density at radius 2 is 1.56 bits per heavy atom. The Bertz CT molecular complexity index is 1630. The van der Waals surface area contributed by atoms with E-state index < -0.39 is 45.2 Å². The van der Waals surface area contributed by atoms with Crippen LogP contribution in [-0.4, -0.2) is 79.4 Å². The highest BCUT2D eigenvalue weighted by molar-refractivity contribution is 6.53. The summed E-state index contributed by atoms with van der Waals surface area (Å²) in [6.07, 6.45) is 3.69. The lowest BCUT2D eigenvalue weighted by atomic mass is 9.56. The minimum atomic E-state index is -1.83. The molecular formula is C35H37Cl2N3O5. The fourth-order valence-corrected chi connectivity index (χ4v) is 9.86. The van der Waals surface area contributed by atoms with Gasteiger partial charge in [0.05, 0.1) is 11.8 Å². The molecule has 236 valence electrons. The average molecular weight is 651 g/mol. The van der Waals surface area contributed by atoms with E-state index in [1.165, 1.54) is 17.5 Å². The number of aromatic hydroxyl groups is 1. The molecule has 0 bridgehead atoms. The van der Waals surface area contributed by atoms with Crippen LogP contribution in [0.4, 0.5) is 0 Å². The van der Waals surface area contributed by atoms with Crippen molar-refractivity contribution in [3.8, 4) is 5.75 Å². The molecule has 0 radical (unpaired) electrons. The van der Waals surface area contributed by atoms with Crippen LogP contribution >= 0.6 is 23.2 Å². The summed E-state index contributed by atoms with van der Waals surface area (Å²) in [6, 6.07) is 13.6. The summed E-state index contributed by atoms with van der Waals surface area (Å²) < 4.78 is 0. The Balaban J connectivity index is 1.22. The molecule has 4 fully saturated rings. The van der Waals surface area contributed by atoms with Crippen molar-refractivity contribution >= 4 is 46.8 Å². The number of likely N-dealkylation sites (tertiary alicyclic amines) is 3. The summed E-state index contributed by atoms with van der Waals surface area (Å²) in [5, 5.41) is 10.5. The number of halogens is 2. The molecule has 45 heavy (non-hydrogen) atoms. The van der Waals surface area contributed by atoms with E-state index in [1.807, 2.05) is 24.3 Å². The summed E-state index contributed by atoms with van der Waals surface area (Å²) in [6.45, 7) is 5.92. The average Bonchev–Trinajstić information content (AvgIpc) is 3.35. The molecule has 3 heterocycles. The molecular weight excluding hydrogens is 613 g/mol. The first kappa shape index (κ1) is 30.5. The van der Waals surface area contributed by atoms with E-state index in [-0.39, 0.29) is 30.0 Å². The summed E-state index contributed by atoms with van der Waals surface area (Å²) in [5.74, 6) is -4.03. The third-order valence-corrected chi connectivity index (χ3v) is 12.5. The van der Waals surface area contributed by atoms with Gasteiger partial charge in [0.25, 0.3) is 11.8 Å². The van der Waals surface area contributed by atoms with Crippen LogP contribution < -0.4 is 0 Å². The highest BCUT2D eigenvalue weighted by Gasteiger charge is 2.76. The van der Waals surface area contributed by atoms with Crippen LogP contribution in [0.15, 0.2) is 54.1 Å². The zero-order chi connectivity index (χ0) is 32.0. The van der Waals surface area contributed by atoms with Crippen LogP contribution in [0.25, 0.3) is 0 Å². The lowest BCUT2D eigenvalue weighted by molar-refractivity contribution is -0.144. The van der Waals surface area contributed by atoms with Crippen LogP contribution in [0.5, 0.6) is 5.75 Å². The Morgan fingerprint density at radius 1 is 0.911 bits per heavy atom. The van der Waals surface area contributed by atoms with Gasteiger partial charge in [-0.25, -0.2) is 0 Å². The zero-order valence-corrected chi connectivity index (χ0v) is 27.1. The predicted octanol–water partition coefficient (Wildman–Crippen LogP) is 4.66. The minimum Gasteiger partial charge on any atom is -0.507 e. The van der Waals surface area contributed by atoms with E-state index in [0.717, 1.165) is 30.1 Å². The molecule has 0 spiro atoms. The molecule has 4 amide bonds. The van der Waals surface area contributed by atoms with Crippen molar-refractivity contribution in [3.05, 3.63) is 76.4 Å². The zero-order valence-electron chi connectivity index (χ0n) is 25.6. The molecule has 6 atom stereocenters. The molecule has 2 aromatic carbocycles. The summed E-state index contributed by atoms with van der Waals surface area (Å²) in [7, 11) is 1.39. The van der Waals surface area contributed by atoms with Crippen molar-refractivity contribution in [2.75, 3.05) is 20.1 Å². The third kappa shape index (κ3) is 4.28. The number of nitrogens with zero attached hydrogens (tertiary/aromatic N) is 3. The van der Waals surface area contributed by atoms with Gasteiger partial charge in [-0.3, -0.25) is 33.9 Å². The molecule has 0 aromatic heterocycles. The monoisotopic (exact) mass is 649 g/mol. The van der Waals surface area contributed by atoms with Gasteiger partial charge in [-0.05, 0) is 67.7 Å². The molecule has 2 aliphatic carbocycles. The lowest BCUT2D eigenvalue weighted by Crippen LogP contribution is -2.60. The molecule has 5 aliphatic rings. The largest absolute Gasteiger partial charge is 0.507 e. The number of aryl methyl sites for hydroxylation is 2. The second-order valence-electron chi connectivity index (χ2n) is 13.5. The first-order valence-electron chi connectivity index (χ1n) is 15.7. The number of carbonyl (C=O) groups excluding carboxylic acids is 4. The van der Waals surface area contributed by atoms with Gasteiger partial charge in [-0.1, -0.05) is 54.1 Å². The Morgan fingerprint density at radius 3 is 2.20 bits per heavy atom. The fourth-order valence-electron chi connectivity index (χ4n) is 8.84. The summed E-state index contributed by atoms with van der Waals surface area (Å²) in [4.78, 5) is 57.0. The minimum absolute atomic E-state index is 0.0190. The number of carbonyl (C=O) groups is 4. The molecule has 7 rings (SSSR count). The van der Waals surface area contributed by atoms with Gasteiger partial charge >= 0.3 is 0 Å². The summed E-state index contributed by atoms with van der Waals surface area (Å²) >= 11 is 14.6. The van der Waals surface area contributed by atoms with E-state index in [2.05, 4.69) is 17.0 Å². The number of phenols is 1. The number of benzene rings is 2. The maximum Gasteiger partial charge on any atom is 0.253 e. The van der Waals surface area contributed by atoms with Gasteiger partial charge in [-0.15, -0.1) is 23.2 Å². The van der Waals surface area contributed by atoms with E-state index in [0.29, 0.717) is 36.0 Å². The number of fused-ring (bicyclic) bond motifs is 4. The molecule has 8 nitrogen and oxygen atoms in total. The third-order valence-electron chi connectivity index (χ3n) is 11.1. The van der Waals surface area contributed by atoms with Gasteiger partial charge in [-0.2, -0.15) is 0 Å². The van der Waals surface area contributed by atoms with Crippen molar-refractivity contribution < 1.29 is 24.3 Å². The van der Waals surface area contributed by atoms with Crippen molar-refractivity contribution in [2.24, 2.45) is 17.8 Å². The van der Waals surface area contributed by atoms with Crippen LogP contribution in [0.2, 0.25) is 0 Å². The summed E-state index contributed by atoms with van der Waals surface area (Å²) in [5.41, 5.74) is 3.85. The van der Waals surface area contributed by atoms with Crippen molar-refractivity contribution in [1.82, 2.24) is 14.7 Å². The Hall–Kier alpha value is -3.20.